The number of rotatable bonds is 34. The van der Waals surface area contributed by atoms with Crippen LogP contribution >= 0.6 is 0 Å². The fourth-order valence-electron chi connectivity index (χ4n) is 8.64. The molecule has 2 aromatic carbocycles. The number of cyclic esters (lactones) is 1. The van der Waals surface area contributed by atoms with Crippen LogP contribution in [0, 0.1) is 0 Å². The number of aromatic nitrogens is 2. The summed E-state index contributed by atoms with van der Waals surface area (Å²) >= 11 is 0. The Kier molecular flexibility index (Phi) is 23.6. The van der Waals surface area contributed by atoms with Crippen LogP contribution < -0.4 is 32.6 Å². The van der Waals surface area contributed by atoms with E-state index < -0.39 is 66.3 Å². The van der Waals surface area contributed by atoms with Gasteiger partial charge in [0, 0.05) is 46.7 Å². The van der Waals surface area contributed by atoms with Crippen LogP contribution in [0.4, 0.5) is 15.3 Å². The van der Waals surface area contributed by atoms with E-state index in [9.17, 15) is 38.7 Å². The molecule has 0 aliphatic carbocycles. The quantitative estimate of drug-likeness (QED) is 0.0113. The van der Waals surface area contributed by atoms with Gasteiger partial charge in [-0.3, -0.25) is 19.2 Å². The first-order valence-electron chi connectivity index (χ1n) is 25.7. The van der Waals surface area contributed by atoms with Gasteiger partial charge in [-0.1, -0.05) is 31.1 Å². The molecule has 0 radical (unpaired) electrons. The molecule has 4 heterocycles. The topological polar surface area (TPSA) is 364 Å². The molecule has 7 N–H and O–H groups in total. The molecule has 426 valence electrons. The van der Waals surface area contributed by atoms with Gasteiger partial charge < -0.3 is 79.3 Å². The summed E-state index contributed by atoms with van der Waals surface area (Å²) in [5.74, 6) is -2.57. The summed E-state index contributed by atoms with van der Waals surface area (Å²) in [4.78, 5) is 98.4. The number of carbonyl (C=O) groups is 6. The second kappa shape index (κ2) is 30.9. The van der Waals surface area contributed by atoms with Crippen molar-refractivity contribution in [2.45, 2.75) is 70.9 Å². The molecule has 0 spiro atoms. The van der Waals surface area contributed by atoms with Crippen LogP contribution in [-0.4, -0.2) is 155 Å². The zero-order valence-corrected chi connectivity index (χ0v) is 44.0. The molecule has 27 heteroatoms. The number of benzene rings is 2. The minimum atomic E-state index is -2.02. The highest BCUT2D eigenvalue weighted by Gasteiger charge is 2.51. The Bertz CT molecular complexity index is 2880. The minimum Gasteiger partial charge on any atom is -0.508 e. The Morgan fingerprint density at radius 3 is 2.18 bits per heavy atom. The average Bonchev–Trinajstić information content (AvgIpc) is 3.90. The highest BCUT2D eigenvalue weighted by atomic mass is 16.7. The number of carbonyl (C=O) groups excluding carboxylic acids is 6. The number of urea groups is 1. The van der Waals surface area contributed by atoms with Gasteiger partial charge in [-0.25, -0.2) is 19.4 Å². The van der Waals surface area contributed by atoms with Crippen molar-refractivity contribution in [1.82, 2.24) is 25.5 Å². The van der Waals surface area contributed by atoms with Crippen molar-refractivity contribution in [2.24, 2.45) is 10.8 Å². The third-order valence-corrected chi connectivity index (χ3v) is 12.5. The second-order valence-electron chi connectivity index (χ2n) is 17.8. The van der Waals surface area contributed by atoms with Gasteiger partial charge in [-0.05, 0) is 78.7 Å². The van der Waals surface area contributed by atoms with Gasteiger partial charge in [0.15, 0.2) is 0 Å². The number of hydrogen-bond donors (Lipinski definition) is 6. The number of phenolic OH excluding ortho intramolecular Hbond substituents is 1. The van der Waals surface area contributed by atoms with Gasteiger partial charge in [-0.15, -0.1) is 0 Å². The third kappa shape index (κ3) is 17.3. The molecule has 2 aliphatic rings. The molecule has 27 nitrogen and oxygen atoms in total. The number of aryl methyl sites for hydroxylation is 1. The Morgan fingerprint density at radius 1 is 0.848 bits per heavy atom. The van der Waals surface area contributed by atoms with Crippen molar-refractivity contribution in [2.75, 3.05) is 104 Å². The SMILES string of the molecule is CCc1c2c(nc3ccc(O)cc13)-c1cc3c(c(=O)n1C2)COC(=O)[C@@]3(CC)OC(=O)OCc1ccc(NC(=O)[C@H](CCCNC(N)=O)NC(=O)COCC(=O)NCCOCCOCCOCCOCCOCCN=[N+]=[N-])cc1. The number of hydrogen-bond acceptors (Lipinski definition) is 19. The molecule has 2 aromatic heterocycles. The Labute approximate surface area is 453 Å². The molecular formula is C52H66N10O17. The van der Waals surface area contributed by atoms with Crippen molar-refractivity contribution in [3.63, 3.8) is 0 Å². The molecule has 0 unspecified atom stereocenters. The number of ether oxygens (including phenoxy) is 9. The van der Waals surface area contributed by atoms with Crippen LogP contribution in [-0.2, 0) is 93.6 Å². The summed E-state index contributed by atoms with van der Waals surface area (Å²) in [6, 6.07) is 10.9. The monoisotopic (exact) mass is 1100 g/mol. The van der Waals surface area contributed by atoms with Crippen molar-refractivity contribution >= 4 is 52.5 Å². The zero-order valence-electron chi connectivity index (χ0n) is 44.0. The highest BCUT2D eigenvalue weighted by molar-refractivity contribution is 5.97. The lowest BCUT2D eigenvalue weighted by molar-refractivity contribution is -0.175. The maximum absolute atomic E-state index is 14.1. The standard InChI is InChI=1S/C52H66N10O17/c1-3-36-37-26-35(63)11-12-41(37)60-46-38(36)28-62-43(46)27-40-39(48(62)67)30-77-49(68)52(40,4-2)79-51(70)78-29-33-7-9-34(10-8-33)58-47(66)42(6-5-13-56-50(53)69)59-45(65)32-76-31-44(64)55-14-16-71-18-20-73-22-24-75-25-23-74-21-19-72-17-15-57-61-54/h7-12,26-27,42,63H,3-6,13-25,28-32H2,1-2H3,(H,55,64)(H,58,66)(H,59,65)(H3,53,56,69)/t42-,52-/m0/s1. The van der Waals surface area contributed by atoms with Gasteiger partial charge in [0.2, 0.25) is 23.3 Å². The lowest BCUT2D eigenvalue weighted by Gasteiger charge is -2.35. The molecule has 0 saturated heterocycles. The number of esters is 1. The first-order valence-corrected chi connectivity index (χ1v) is 25.7. The van der Waals surface area contributed by atoms with E-state index in [1.165, 1.54) is 18.2 Å². The van der Waals surface area contributed by atoms with Crippen LogP contribution in [0.25, 0.3) is 32.7 Å². The maximum atomic E-state index is 14.1. The van der Waals surface area contributed by atoms with Gasteiger partial charge in [0.1, 0.15) is 38.2 Å². The molecule has 2 aliphatic heterocycles. The number of nitrogens with zero attached hydrogens (tertiary/aromatic N) is 5. The second-order valence-corrected chi connectivity index (χ2v) is 17.8. The molecular weight excluding hydrogens is 1040 g/mol. The number of nitrogens with one attached hydrogen (secondary N) is 4. The Balaban J connectivity index is 0.914. The lowest BCUT2D eigenvalue weighted by Crippen LogP contribution is -2.47. The molecule has 0 fully saturated rings. The third-order valence-electron chi connectivity index (χ3n) is 12.5. The maximum Gasteiger partial charge on any atom is 0.510 e. The van der Waals surface area contributed by atoms with E-state index in [-0.39, 0.29) is 88.7 Å². The summed E-state index contributed by atoms with van der Waals surface area (Å²) in [5.41, 5.74) is 15.4. The zero-order chi connectivity index (χ0) is 56.6. The Hall–Kier alpha value is -7.91. The van der Waals surface area contributed by atoms with Crippen LogP contribution in [0.2, 0.25) is 0 Å². The van der Waals surface area contributed by atoms with Crippen molar-refractivity contribution in [3.05, 3.63) is 97.1 Å². The highest BCUT2D eigenvalue weighted by Crippen LogP contribution is 2.42. The summed E-state index contributed by atoms with van der Waals surface area (Å²) in [5, 5.41) is 24.7. The number of nitrogens with two attached hydrogens (primary N) is 1. The van der Waals surface area contributed by atoms with Crippen LogP contribution in [0.1, 0.15) is 60.9 Å². The van der Waals surface area contributed by atoms with Crippen LogP contribution in [0.3, 0.4) is 0 Å². The van der Waals surface area contributed by atoms with Gasteiger partial charge >= 0.3 is 18.2 Å². The fraction of sp³-hybridized carbons (Fsp3) is 0.500. The number of phenols is 1. The van der Waals surface area contributed by atoms with E-state index in [0.717, 1.165) is 16.5 Å². The summed E-state index contributed by atoms with van der Waals surface area (Å²) in [6.45, 7) is 6.22. The summed E-state index contributed by atoms with van der Waals surface area (Å²) in [7, 11) is 0. The molecule has 0 saturated carbocycles. The summed E-state index contributed by atoms with van der Waals surface area (Å²) in [6.07, 6.45) is -0.357. The number of anilines is 1. The molecule has 79 heavy (non-hydrogen) atoms. The van der Waals surface area contributed by atoms with Crippen molar-refractivity contribution in [3.8, 4) is 17.1 Å². The number of amides is 5. The lowest BCUT2D eigenvalue weighted by atomic mass is 9.85. The smallest absolute Gasteiger partial charge is 0.508 e. The Morgan fingerprint density at radius 2 is 1.52 bits per heavy atom. The largest absolute Gasteiger partial charge is 0.510 e. The number of fused-ring (bicyclic) bond motifs is 5. The predicted octanol–water partition coefficient (Wildman–Crippen LogP) is 3.11. The normalized spacial score (nSPS) is 14.4. The molecule has 5 amide bonds. The molecule has 2 atom stereocenters. The number of pyridine rings is 2. The van der Waals surface area contributed by atoms with E-state index in [4.69, 9.17) is 58.9 Å². The molecule has 0 bridgehead atoms. The molecule has 4 aromatic rings. The summed E-state index contributed by atoms with van der Waals surface area (Å²) < 4.78 is 50.4. The molecule has 6 rings (SSSR count). The number of azide groups is 1. The van der Waals surface area contributed by atoms with E-state index in [1.807, 2.05) is 6.92 Å². The first kappa shape index (κ1) is 60.3. The predicted molar refractivity (Wildman–Crippen MR) is 280 cm³/mol. The van der Waals surface area contributed by atoms with Gasteiger partial charge in [0.05, 0.1) is 95.1 Å². The number of primary amides is 1. The van der Waals surface area contributed by atoms with E-state index in [2.05, 4.69) is 31.3 Å². The van der Waals surface area contributed by atoms with Crippen molar-refractivity contribution in [1.29, 1.82) is 0 Å². The van der Waals surface area contributed by atoms with Crippen LogP contribution in [0.5, 0.6) is 5.75 Å². The fourth-order valence-corrected chi connectivity index (χ4v) is 8.64. The minimum absolute atomic E-state index is 0.0870. The van der Waals surface area contributed by atoms with E-state index >= 15 is 0 Å². The van der Waals surface area contributed by atoms with Crippen molar-refractivity contribution < 1.29 is 76.5 Å². The van der Waals surface area contributed by atoms with E-state index in [1.54, 1.807) is 41.8 Å². The number of aromatic hydroxyl groups is 1. The van der Waals surface area contributed by atoms with Crippen LogP contribution in [0.15, 0.2) is 58.4 Å². The van der Waals surface area contributed by atoms with Gasteiger partial charge in [0.25, 0.3) is 5.56 Å². The average molecular weight is 1100 g/mol. The first-order chi connectivity index (χ1) is 38.3. The van der Waals surface area contributed by atoms with Gasteiger partial charge in [-0.2, -0.15) is 0 Å². The van der Waals surface area contributed by atoms with E-state index in [0.29, 0.717) is 87.4 Å².